The largest absolute Gasteiger partial charge is 0.504 e. The lowest BCUT2D eigenvalue weighted by Gasteiger charge is -2.21. The van der Waals surface area contributed by atoms with Crippen molar-refractivity contribution in [2.24, 2.45) is 5.92 Å². The molecule has 0 radical (unpaired) electrons. The molecule has 0 aromatic heterocycles. The van der Waals surface area contributed by atoms with Gasteiger partial charge in [0.2, 0.25) is 0 Å². The molecule has 0 aliphatic carbocycles. The van der Waals surface area contributed by atoms with E-state index in [9.17, 15) is 10.2 Å². The van der Waals surface area contributed by atoms with Crippen LogP contribution in [0, 0.1) is 5.92 Å². The Balaban J connectivity index is 1.92. The van der Waals surface area contributed by atoms with Gasteiger partial charge >= 0.3 is 0 Å². The minimum absolute atomic E-state index is 0.00838. The molecule has 4 atom stereocenters. The van der Waals surface area contributed by atoms with Crippen molar-refractivity contribution < 1.29 is 24.4 Å². The van der Waals surface area contributed by atoms with Gasteiger partial charge in [0.25, 0.3) is 0 Å². The average molecular weight is 344 g/mol. The maximum Gasteiger partial charge on any atom is 0.160 e. The van der Waals surface area contributed by atoms with Gasteiger partial charge in [-0.05, 0) is 48.2 Å². The van der Waals surface area contributed by atoms with Gasteiger partial charge in [0.05, 0.1) is 26.4 Å². The molecule has 0 amide bonds. The fourth-order valence-corrected chi connectivity index (χ4v) is 3.79. The van der Waals surface area contributed by atoms with Gasteiger partial charge in [-0.25, -0.2) is 0 Å². The van der Waals surface area contributed by atoms with E-state index in [0.29, 0.717) is 11.5 Å². The van der Waals surface area contributed by atoms with Crippen LogP contribution < -0.4 is 9.47 Å². The Bertz CT molecular complexity index is 758. The van der Waals surface area contributed by atoms with E-state index in [1.807, 2.05) is 24.3 Å². The number of methoxy groups -OCH3 is 2. The van der Waals surface area contributed by atoms with Crippen molar-refractivity contribution >= 4 is 0 Å². The molecule has 0 spiro atoms. The normalized spacial score (nSPS) is 25.8. The molecule has 1 heterocycles. The van der Waals surface area contributed by atoms with Crippen LogP contribution in [0.3, 0.4) is 0 Å². The quantitative estimate of drug-likeness (QED) is 0.877. The standard InChI is InChI=1S/C20H24O5/c1-11-19(13-5-7-15(21)17(9-13)23-3)12(2)25-20(11)14-6-8-16(22)18(10-14)24-4/h5-12,19-22H,1-4H3/t11-,12-,19-,20-/m0/s1. The summed E-state index contributed by atoms with van der Waals surface area (Å²) in [4.78, 5) is 0. The predicted molar refractivity (Wildman–Crippen MR) is 94.5 cm³/mol. The third-order valence-electron chi connectivity index (χ3n) is 5.03. The van der Waals surface area contributed by atoms with Gasteiger partial charge in [-0.15, -0.1) is 0 Å². The molecule has 2 N–H and O–H groups in total. The van der Waals surface area contributed by atoms with E-state index in [0.717, 1.165) is 11.1 Å². The molecule has 0 bridgehead atoms. The van der Waals surface area contributed by atoms with E-state index in [-0.39, 0.29) is 35.5 Å². The van der Waals surface area contributed by atoms with Crippen LogP contribution in [0.2, 0.25) is 0 Å². The molecule has 3 rings (SSSR count). The van der Waals surface area contributed by atoms with Gasteiger partial charge in [-0.2, -0.15) is 0 Å². The molecule has 0 unspecified atom stereocenters. The number of phenolic OH excluding ortho intramolecular Hbond substituents is 2. The highest BCUT2D eigenvalue weighted by molar-refractivity contribution is 5.45. The van der Waals surface area contributed by atoms with Gasteiger partial charge in [-0.1, -0.05) is 19.1 Å². The van der Waals surface area contributed by atoms with Crippen molar-refractivity contribution in [3.8, 4) is 23.0 Å². The Kier molecular flexibility index (Phi) is 4.77. The maximum absolute atomic E-state index is 9.83. The number of rotatable bonds is 4. The van der Waals surface area contributed by atoms with Gasteiger partial charge in [0.15, 0.2) is 23.0 Å². The molecule has 1 saturated heterocycles. The molecule has 1 aliphatic rings. The molecular weight excluding hydrogens is 320 g/mol. The molecule has 5 nitrogen and oxygen atoms in total. The summed E-state index contributed by atoms with van der Waals surface area (Å²) in [6.45, 7) is 4.20. The van der Waals surface area contributed by atoms with E-state index in [1.165, 1.54) is 7.11 Å². The molecule has 134 valence electrons. The highest BCUT2D eigenvalue weighted by Crippen LogP contribution is 2.49. The summed E-state index contributed by atoms with van der Waals surface area (Å²) in [5.74, 6) is 1.52. The Morgan fingerprint density at radius 1 is 0.840 bits per heavy atom. The molecular formula is C20H24O5. The number of phenols is 2. The summed E-state index contributed by atoms with van der Waals surface area (Å²) in [6.07, 6.45) is -0.0941. The van der Waals surface area contributed by atoms with Crippen LogP contribution in [-0.4, -0.2) is 30.5 Å². The van der Waals surface area contributed by atoms with Crippen molar-refractivity contribution in [3.05, 3.63) is 47.5 Å². The summed E-state index contributed by atoms with van der Waals surface area (Å²) >= 11 is 0. The molecule has 25 heavy (non-hydrogen) atoms. The van der Waals surface area contributed by atoms with Crippen LogP contribution in [0.1, 0.15) is 37.0 Å². The Morgan fingerprint density at radius 3 is 1.92 bits per heavy atom. The third-order valence-corrected chi connectivity index (χ3v) is 5.03. The smallest absolute Gasteiger partial charge is 0.160 e. The van der Waals surface area contributed by atoms with Gasteiger partial charge in [0.1, 0.15) is 0 Å². The zero-order valence-electron chi connectivity index (χ0n) is 14.9. The van der Waals surface area contributed by atoms with Crippen LogP contribution in [0.5, 0.6) is 23.0 Å². The second-order valence-electron chi connectivity index (χ2n) is 6.51. The third kappa shape index (κ3) is 3.12. The molecule has 2 aromatic carbocycles. The van der Waals surface area contributed by atoms with Crippen molar-refractivity contribution in [2.45, 2.75) is 32.0 Å². The van der Waals surface area contributed by atoms with Crippen molar-refractivity contribution in [1.82, 2.24) is 0 Å². The Morgan fingerprint density at radius 2 is 1.36 bits per heavy atom. The second-order valence-corrected chi connectivity index (χ2v) is 6.51. The van der Waals surface area contributed by atoms with Gasteiger partial charge < -0.3 is 24.4 Å². The van der Waals surface area contributed by atoms with Crippen LogP contribution in [0.25, 0.3) is 0 Å². The van der Waals surface area contributed by atoms with E-state index < -0.39 is 0 Å². The molecule has 0 saturated carbocycles. The fraction of sp³-hybridized carbons (Fsp3) is 0.400. The van der Waals surface area contributed by atoms with E-state index >= 15 is 0 Å². The van der Waals surface area contributed by atoms with Crippen LogP contribution in [0.15, 0.2) is 36.4 Å². The van der Waals surface area contributed by atoms with Crippen LogP contribution in [-0.2, 0) is 4.74 Å². The number of hydrogen-bond donors (Lipinski definition) is 2. The number of ether oxygens (including phenoxy) is 3. The zero-order chi connectivity index (χ0) is 18.1. The zero-order valence-corrected chi connectivity index (χ0v) is 14.9. The highest BCUT2D eigenvalue weighted by atomic mass is 16.5. The summed E-state index contributed by atoms with van der Waals surface area (Å²) in [6, 6.07) is 10.8. The average Bonchev–Trinajstić information content (AvgIpc) is 2.90. The first-order chi connectivity index (χ1) is 12.0. The highest BCUT2D eigenvalue weighted by Gasteiger charge is 2.41. The molecule has 5 heteroatoms. The Labute approximate surface area is 147 Å². The molecule has 2 aromatic rings. The van der Waals surface area contributed by atoms with E-state index in [2.05, 4.69) is 13.8 Å². The summed E-state index contributed by atoms with van der Waals surface area (Å²) < 4.78 is 16.7. The Hall–Kier alpha value is -2.40. The number of aromatic hydroxyl groups is 2. The lowest BCUT2D eigenvalue weighted by atomic mass is 9.81. The summed E-state index contributed by atoms with van der Waals surface area (Å²) in [5.41, 5.74) is 2.05. The monoisotopic (exact) mass is 344 g/mol. The minimum Gasteiger partial charge on any atom is -0.504 e. The number of benzene rings is 2. The van der Waals surface area contributed by atoms with Gasteiger partial charge in [-0.3, -0.25) is 0 Å². The first-order valence-electron chi connectivity index (χ1n) is 8.35. The van der Waals surface area contributed by atoms with Gasteiger partial charge in [0, 0.05) is 5.92 Å². The molecule has 1 aliphatic heterocycles. The SMILES string of the molecule is COc1cc([C@H]2[C@H](C)[C@@H](c3ccc(O)c(OC)c3)O[C@H]2C)ccc1O. The molecule has 1 fully saturated rings. The topological polar surface area (TPSA) is 68.2 Å². The number of hydrogen-bond acceptors (Lipinski definition) is 5. The first kappa shape index (κ1) is 17.4. The summed E-state index contributed by atoms with van der Waals surface area (Å²) in [7, 11) is 3.08. The second kappa shape index (κ2) is 6.84. The van der Waals surface area contributed by atoms with Crippen LogP contribution in [0.4, 0.5) is 0 Å². The fourth-order valence-electron chi connectivity index (χ4n) is 3.79. The van der Waals surface area contributed by atoms with E-state index in [4.69, 9.17) is 14.2 Å². The van der Waals surface area contributed by atoms with Crippen molar-refractivity contribution in [3.63, 3.8) is 0 Å². The lowest BCUT2D eigenvalue weighted by Crippen LogP contribution is -2.14. The minimum atomic E-state index is -0.103. The first-order valence-corrected chi connectivity index (χ1v) is 8.35. The van der Waals surface area contributed by atoms with Crippen molar-refractivity contribution in [2.75, 3.05) is 14.2 Å². The van der Waals surface area contributed by atoms with E-state index in [1.54, 1.807) is 19.2 Å². The lowest BCUT2D eigenvalue weighted by molar-refractivity contribution is 0.0431. The van der Waals surface area contributed by atoms with Crippen molar-refractivity contribution in [1.29, 1.82) is 0 Å². The van der Waals surface area contributed by atoms with Crippen LogP contribution >= 0.6 is 0 Å². The summed E-state index contributed by atoms with van der Waals surface area (Å²) in [5, 5.41) is 19.6. The maximum atomic E-state index is 9.83. The predicted octanol–water partition coefficient (Wildman–Crippen LogP) is 3.99.